The number of hydrogen-bond acceptors (Lipinski definition) is 6. The number of hydrogen-bond donors (Lipinski definition) is 3. The van der Waals surface area contributed by atoms with Crippen molar-refractivity contribution in [1.29, 1.82) is 0 Å². The summed E-state index contributed by atoms with van der Waals surface area (Å²) in [6.45, 7) is 1.69. The maximum absolute atomic E-state index is 13.6. The van der Waals surface area contributed by atoms with Crippen LogP contribution in [0.3, 0.4) is 0 Å². The van der Waals surface area contributed by atoms with Gasteiger partial charge in [-0.1, -0.05) is 42.5 Å². The normalized spacial score (nSPS) is 16.0. The molecule has 8 heteroatoms. The van der Waals surface area contributed by atoms with Crippen LogP contribution in [0.4, 0.5) is 0 Å². The lowest BCUT2D eigenvalue weighted by Gasteiger charge is -2.36. The Kier molecular flexibility index (Phi) is 6.87. The molecule has 1 atom stereocenters. The van der Waals surface area contributed by atoms with Gasteiger partial charge in [-0.2, -0.15) is 11.8 Å². The van der Waals surface area contributed by atoms with Crippen LogP contribution in [0.2, 0.25) is 0 Å². The molecule has 2 aromatic heterocycles. The molecule has 0 radical (unpaired) electrons. The number of aromatic amines is 1. The van der Waals surface area contributed by atoms with Crippen LogP contribution < -0.4 is 10.7 Å². The van der Waals surface area contributed by atoms with Crippen molar-refractivity contribution in [2.24, 2.45) is 0 Å². The monoisotopic (exact) mass is 503 g/mol. The van der Waals surface area contributed by atoms with Crippen molar-refractivity contribution in [2.75, 3.05) is 11.5 Å². The second-order valence-electron chi connectivity index (χ2n) is 9.42. The molecular weight excluding hydrogens is 474 g/mol. The summed E-state index contributed by atoms with van der Waals surface area (Å²) in [6, 6.07) is 18.7. The third-order valence-corrected chi connectivity index (χ3v) is 7.82. The van der Waals surface area contributed by atoms with E-state index < -0.39 is 16.6 Å². The molecule has 2 aromatic carbocycles. The SMILES string of the molecule is Cc1cc(=O)c(O)c(C2(CC(=O)N[C@@H](Cc3ccccc3)c3nc4ccccc4[nH]3)CCSCC2)o1. The Labute approximate surface area is 213 Å². The summed E-state index contributed by atoms with van der Waals surface area (Å²) in [4.78, 5) is 34.1. The lowest BCUT2D eigenvalue weighted by molar-refractivity contribution is -0.123. The number of nitrogens with zero attached hydrogens (tertiary/aromatic N) is 1. The van der Waals surface area contributed by atoms with Crippen LogP contribution in [0, 0.1) is 6.92 Å². The average Bonchev–Trinajstić information content (AvgIpc) is 3.31. The van der Waals surface area contributed by atoms with Crippen LogP contribution in [-0.2, 0) is 16.6 Å². The van der Waals surface area contributed by atoms with Gasteiger partial charge >= 0.3 is 0 Å². The highest BCUT2D eigenvalue weighted by Crippen LogP contribution is 2.44. The molecule has 1 saturated heterocycles. The van der Waals surface area contributed by atoms with Gasteiger partial charge in [-0.05, 0) is 55.4 Å². The summed E-state index contributed by atoms with van der Waals surface area (Å²) in [5, 5.41) is 13.8. The Morgan fingerprint density at radius 1 is 1.17 bits per heavy atom. The van der Waals surface area contributed by atoms with E-state index >= 15 is 0 Å². The highest BCUT2D eigenvalue weighted by molar-refractivity contribution is 7.99. The Morgan fingerprint density at radius 2 is 1.89 bits per heavy atom. The number of rotatable bonds is 7. The molecular formula is C28H29N3O4S. The van der Waals surface area contributed by atoms with Crippen molar-refractivity contribution < 1.29 is 14.3 Å². The van der Waals surface area contributed by atoms with Gasteiger partial charge in [0.1, 0.15) is 11.6 Å². The number of nitrogens with one attached hydrogen (secondary N) is 2. The maximum atomic E-state index is 13.6. The molecule has 1 amide bonds. The fraction of sp³-hybridized carbons (Fsp3) is 0.321. The predicted octanol–water partition coefficient (Wildman–Crippen LogP) is 4.79. The molecule has 0 bridgehead atoms. The first-order chi connectivity index (χ1) is 17.4. The standard InChI is InChI=1S/C28H29N3O4S/c1-18-15-23(32)25(34)26(35-18)28(11-13-36-14-12-28)17-24(33)29-22(16-19-7-3-2-4-8-19)27-30-20-9-5-6-10-21(20)31-27/h2-10,15,22,34H,11-14,16-17H2,1H3,(H,29,33)(H,30,31)/t22-/m0/s1. The second kappa shape index (κ2) is 10.2. The largest absolute Gasteiger partial charge is 0.502 e. The maximum Gasteiger partial charge on any atom is 0.227 e. The first kappa shape index (κ1) is 24.2. The smallest absolute Gasteiger partial charge is 0.227 e. The number of aryl methyl sites for hydroxylation is 1. The van der Waals surface area contributed by atoms with Crippen molar-refractivity contribution in [2.45, 2.75) is 44.1 Å². The summed E-state index contributed by atoms with van der Waals surface area (Å²) < 4.78 is 5.90. The van der Waals surface area contributed by atoms with Crippen LogP contribution in [0.25, 0.3) is 11.0 Å². The second-order valence-corrected chi connectivity index (χ2v) is 10.6. The van der Waals surface area contributed by atoms with Gasteiger partial charge < -0.3 is 19.8 Å². The number of aromatic nitrogens is 2. The van der Waals surface area contributed by atoms with E-state index in [1.165, 1.54) is 6.07 Å². The lowest BCUT2D eigenvalue weighted by Crippen LogP contribution is -2.40. The van der Waals surface area contributed by atoms with Crippen LogP contribution >= 0.6 is 11.8 Å². The number of para-hydroxylation sites is 2. The average molecular weight is 504 g/mol. The zero-order chi connectivity index (χ0) is 25.1. The summed E-state index contributed by atoms with van der Waals surface area (Å²) in [7, 11) is 0. The van der Waals surface area contributed by atoms with Crippen molar-refractivity contribution in [1.82, 2.24) is 15.3 Å². The van der Waals surface area contributed by atoms with Crippen LogP contribution in [-0.4, -0.2) is 32.5 Å². The molecule has 0 spiro atoms. The first-order valence-corrected chi connectivity index (χ1v) is 13.3. The van der Waals surface area contributed by atoms with Gasteiger partial charge in [0.05, 0.1) is 17.1 Å². The van der Waals surface area contributed by atoms with Crippen molar-refractivity contribution in [3.05, 3.63) is 93.8 Å². The Morgan fingerprint density at radius 3 is 2.64 bits per heavy atom. The van der Waals surface area contributed by atoms with Gasteiger partial charge in [0.15, 0.2) is 5.76 Å². The molecule has 0 unspecified atom stereocenters. The Bertz CT molecular complexity index is 1390. The fourth-order valence-electron chi connectivity index (χ4n) is 4.97. The Balaban J connectivity index is 1.46. The van der Waals surface area contributed by atoms with Crippen molar-refractivity contribution >= 4 is 28.7 Å². The molecule has 186 valence electrons. The van der Waals surface area contributed by atoms with Gasteiger partial charge in [0, 0.05) is 17.9 Å². The number of carbonyl (C=O) groups is 1. The molecule has 1 fully saturated rings. The van der Waals surface area contributed by atoms with E-state index in [-0.39, 0.29) is 24.1 Å². The highest BCUT2D eigenvalue weighted by atomic mass is 32.2. The summed E-state index contributed by atoms with van der Waals surface area (Å²) in [6.07, 6.45) is 1.96. The quantitative estimate of drug-likeness (QED) is 0.335. The highest BCUT2D eigenvalue weighted by Gasteiger charge is 2.42. The van der Waals surface area contributed by atoms with E-state index in [0.29, 0.717) is 30.8 Å². The zero-order valence-corrected chi connectivity index (χ0v) is 20.9. The minimum Gasteiger partial charge on any atom is -0.502 e. The van der Waals surface area contributed by atoms with Gasteiger partial charge in [-0.25, -0.2) is 4.98 Å². The fourth-order valence-corrected chi connectivity index (χ4v) is 6.24. The summed E-state index contributed by atoms with van der Waals surface area (Å²) in [5.41, 5.74) is 1.61. The number of imidazole rings is 1. The predicted molar refractivity (Wildman–Crippen MR) is 141 cm³/mol. The molecule has 3 N–H and O–H groups in total. The minimum absolute atomic E-state index is 0.110. The summed E-state index contributed by atoms with van der Waals surface area (Å²) >= 11 is 1.80. The number of fused-ring (bicyclic) bond motifs is 1. The molecule has 5 rings (SSSR count). The molecule has 0 saturated carbocycles. The van der Waals surface area contributed by atoms with Crippen LogP contribution in [0.5, 0.6) is 5.75 Å². The van der Waals surface area contributed by atoms with E-state index in [2.05, 4.69) is 10.3 Å². The third-order valence-electron chi connectivity index (χ3n) is 6.83. The van der Waals surface area contributed by atoms with E-state index in [9.17, 15) is 14.7 Å². The third kappa shape index (κ3) is 5.04. The van der Waals surface area contributed by atoms with Gasteiger partial charge in [0.2, 0.25) is 17.1 Å². The number of benzene rings is 2. The molecule has 4 aromatic rings. The van der Waals surface area contributed by atoms with E-state index in [1.54, 1.807) is 18.7 Å². The minimum atomic E-state index is -0.740. The molecule has 1 aliphatic heterocycles. The molecule has 1 aliphatic rings. The van der Waals surface area contributed by atoms with Crippen LogP contribution in [0.1, 0.15) is 48.2 Å². The first-order valence-electron chi connectivity index (χ1n) is 12.1. The van der Waals surface area contributed by atoms with E-state index in [0.717, 1.165) is 28.1 Å². The summed E-state index contributed by atoms with van der Waals surface area (Å²) in [5.74, 6) is 2.42. The van der Waals surface area contributed by atoms with Gasteiger partial charge in [-0.15, -0.1) is 0 Å². The zero-order valence-electron chi connectivity index (χ0n) is 20.1. The topological polar surface area (TPSA) is 108 Å². The van der Waals surface area contributed by atoms with E-state index in [4.69, 9.17) is 9.40 Å². The molecule has 7 nitrogen and oxygen atoms in total. The number of aromatic hydroxyl groups is 1. The van der Waals surface area contributed by atoms with E-state index in [1.807, 2.05) is 54.6 Å². The van der Waals surface area contributed by atoms with Gasteiger partial charge in [0.25, 0.3) is 0 Å². The van der Waals surface area contributed by atoms with Crippen LogP contribution in [0.15, 0.2) is 69.9 Å². The van der Waals surface area contributed by atoms with Crippen molar-refractivity contribution in [3.8, 4) is 5.75 Å². The lowest BCUT2D eigenvalue weighted by atomic mass is 9.75. The number of thioether (sulfide) groups is 1. The Hall–Kier alpha value is -3.52. The number of carbonyl (C=O) groups excluding carboxylic acids is 1. The van der Waals surface area contributed by atoms with Crippen molar-refractivity contribution in [3.63, 3.8) is 0 Å². The molecule has 0 aliphatic carbocycles. The number of amides is 1. The molecule has 36 heavy (non-hydrogen) atoms. The number of H-pyrrole nitrogens is 1. The van der Waals surface area contributed by atoms with Gasteiger partial charge in [-0.3, -0.25) is 9.59 Å². The molecule has 3 heterocycles.